The highest BCUT2D eigenvalue weighted by atomic mass is 32.2. The minimum absolute atomic E-state index is 0.0490. The van der Waals surface area contributed by atoms with Gasteiger partial charge in [0.2, 0.25) is 5.91 Å². The van der Waals surface area contributed by atoms with E-state index in [0.29, 0.717) is 6.54 Å². The van der Waals surface area contributed by atoms with Crippen molar-refractivity contribution in [3.05, 3.63) is 0 Å². The van der Waals surface area contributed by atoms with Crippen molar-refractivity contribution in [1.29, 1.82) is 0 Å². The van der Waals surface area contributed by atoms with Gasteiger partial charge in [-0.2, -0.15) is 0 Å². The first-order valence-electron chi connectivity index (χ1n) is 5.91. The van der Waals surface area contributed by atoms with E-state index in [0.717, 1.165) is 0 Å². The van der Waals surface area contributed by atoms with Gasteiger partial charge in [-0.15, -0.1) is 0 Å². The Morgan fingerprint density at radius 3 is 2.63 bits per heavy atom. The van der Waals surface area contributed by atoms with E-state index < -0.39 is 33.8 Å². The van der Waals surface area contributed by atoms with E-state index in [-0.39, 0.29) is 31.0 Å². The van der Waals surface area contributed by atoms with Gasteiger partial charge < -0.3 is 20.8 Å². The Hall–Kier alpha value is -1.19. The molecule has 0 aromatic rings. The van der Waals surface area contributed by atoms with E-state index in [1.54, 1.807) is 0 Å². The molecule has 110 valence electrons. The lowest BCUT2D eigenvalue weighted by molar-refractivity contribution is -0.142. The summed E-state index contributed by atoms with van der Waals surface area (Å²) in [7, 11) is -3.13. The first kappa shape index (κ1) is 15.9. The molecule has 0 bridgehead atoms. The molecule has 1 saturated heterocycles. The van der Waals surface area contributed by atoms with Crippen molar-refractivity contribution < 1.29 is 28.2 Å². The third-order valence-electron chi connectivity index (χ3n) is 2.78. The number of amides is 1. The van der Waals surface area contributed by atoms with Crippen LogP contribution >= 0.6 is 0 Å². The Morgan fingerprint density at radius 2 is 2.11 bits per heavy atom. The number of aliphatic carboxylic acids is 1. The molecule has 2 unspecified atom stereocenters. The fraction of sp³-hybridized carbons (Fsp3) is 0.800. The van der Waals surface area contributed by atoms with Crippen molar-refractivity contribution in [1.82, 2.24) is 10.6 Å². The fourth-order valence-electron chi connectivity index (χ4n) is 1.86. The molecule has 1 heterocycles. The molecule has 1 rings (SSSR count). The van der Waals surface area contributed by atoms with E-state index in [4.69, 9.17) is 10.2 Å². The van der Waals surface area contributed by atoms with Crippen molar-refractivity contribution in [2.45, 2.75) is 24.9 Å². The number of aliphatic hydroxyl groups is 1. The molecule has 2 atom stereocenters. The summed E-state index contributed by atoms with van der Waals surface area (Å²) in [5.74, 6) is -1.85. The van der Waals surface area contributed by atoms with Crippen LogP contribution in [0.4, 0.5) is 0 Å². The van der Waals surface area contributed by atoms with Crippen LogP contribution in [0.1, 0.15) is 12.8 Å². The Labute approximate surface area is 111 Å². The Balaban J connectivity index is 2.48. The summed E-state index contributed by atoms with van der Waals surface area (Å²) in [6, 6.07) is -1.65. The molecular weight excluding hydrogens is 276 g/mol. The van der Waals surface area contributed by atoms with E-state index in [2.05, 4.69) is 10.6 Å². The molecule has 0 aromatic carbocycles. The minimum atomic E-state index is -3.13. The first-order chi connectivity index (χ1) is 8.84. The molecule has 1 fully saturated rings. The maximum Gasteiger partial charge on any atom is 0.326 e. The summed E-state index contributed by atoms with van der Waals surface area (Å²) < 4.78 is 22.8. The lowest BCUT2D eigenvalue weighted by atomic mass is 10.1. The Kier molecular flexibility index (Phi) is 5.70. The predicted molar refractivity (Wildman–Crippen MR) is 66.3 cm³/mol. The van der Waals surface area contributed by atoms with Gasteiger partial charge in [-0.25, -0.2) is 13.2 Å². The number of aliphatic hydroxyl groups excluding tert-OH is 1. The zero-order valence-electron chi connectivity index (χ0n) is 10.3. The highest BCUT2D eigenvalue weighted by molar-refractivity contribution is 7.91. The number of nitrogens with one attached hydrogen (secondary N) is 2. The monoisotopic (exact) mass is 294 g/mol. The molecule has 19 heavy (non-hydrogen) atoms. The normalized spacial score (nSPS) is 23.5. The molecule has 1 aliphatic heterocycles. The van der Waals surface area contributed by atoms with Crippen LogP contribution in [0.3, 0.4) is 0 Å². The number of carboxylic acids is 1. The van der Waals surface area contributed by atoms with Gasteiger partial charge in [0.1, 0.15) is 6.04 Å². The molecule has 1 aliphatic rings. The van der Waals surface area contributed by atoms with Crippen molar-refractivity contribution in [2.24, 2.45) is 0 Å². The maximum atomic E-state index is 11.6. The van der Waals surface area contributed by atoms with Crippen molar-refractivity contribution in [3.63, 3.8) is 0 Å². The van der Waals surface area contributed by atoms with Crippen LogP contribution in [0.2, 0.25) is 0 Å². The van der Waals surface area contributed by atoms with Crippen LogP contribution < -0.4 is 10.6 Å². The van der Waals surface area contributed by atoms with Crippen LogP contribution in [0, 0.1) is 0 Å². The van der Waals surface area contributed by atoms with Crippen molar-refractivity contribution in [2.75, 3.05) is 24.7 Å². The number of sulfone groups is 1. The van der Waals surface area contributed by atoms with Gasteiger partial charge in [0.15, 0.2) is 9.84 Å². The maximum absolute atomic E-state index is 11.6. The SMILES string of the molecule is O=C(CC1CS(=O)(=O)CCN1)NC(CCO)C(=O)O. The van der Waals surface area contributed by atoms with Gasteiger partial charge in [-0.1, -0.05) is 0 Å². The van der Waals surface area contributed by atoms with Gasteiger partial charge in [0.05, 0.1) is 11.5 Å². The number of carboxylic acid groups (broad SMARTS) is 1. The number of hydrogen-bond donors (Lipinski definition) is 4. The standard InChI is InChI=1S/C10H18N2O6S/c13-3-1-8(10(15)16)12-9(14)5-7-6-19(17,18)4-2-11-7/h7-8,11,13H,1-6H2,(H,12,14)(H,15,16). The second kappa shape index (κ2) is 6.83. The van der Waals surface area contributed by atoms with Crippen LogP contribution in [-0.2, 0) is 19.4 Å². The summed E-state index contributed by atoms with van der Waals surface area (Å²) in [4.78, 5) is 22.4. The lowest BCUT2D eigenvalue weighted by Crippen LogP contribution is -2.49. The summed E-state index contributed by atoms with van der Waals surface area (Å²) >= 11 is 0. The second-order valence-electron chi connectivity index (χ2n) is 4.44. The van der Waals surface area contributed by atoms with Gasteiger partial charge >= 0.3 is 5.97 Å². The first-order valence-corrected chi connectivity index (χ1v) is 7.73. The second-order valence-corrected chi connectivity index (χ2v) is 6.67. The number of carbonyl (C=O) groups is 2. The lowest BCUT2D eigenvalue weighted by Gasteiger charge is -2.23. The number of rotatable bonds is 6. The fourth-order valence-corrected chi connectivity index (χ4v) is 3.31. The van der Waals surface area contributed by atoms with Gasteiger partial charge in [-0.05, 0) is 0 Å². The zero-order chi connectivity index (χ0) is 14.5. The average molecular weight is 294 g/mol. The van der Waals surface area contributed by atoms with Crippen molar-refractivity contribution >= 4 is 21.7 Å². The summed E-state index contributed by atoms with van der Waals surface area (Å²) in [5, 5.41) is 22.6. The third kappa shape index (κ3) is 5.53. The summed E-state index contributed by atoms with van der Waals surface area (Å²) in [5.41, 5.74) is 0. The molecule has 9 heteroatoms. The number of carbonyl (C=O) groups excluding carboxylic acids is 1. The molecule has 0 aliphatic carbocycles. The minimum Gasteiger partial charge on any atom is -0.480 e. The summed E-state index contributed by atoms with van der Waals surface area (Å²) in [6.45, 7) is -0.0629. The van der Waals surface area contributed by atoms with Crippen LogP contribution in [0.25, 0.3) is 0 Å². The molecular formula is C10H18N2O6S. The molecule has 8 nitrogen and oxygen atoms in total. The van der Waals surface area contributed by atoms with Gasteiger partial charge in [0.25, 0.3) is 0 Å². The molecule has 0 radical (unpaired) electrons. The van der Waals surface area contributed by atoms with Crippen molar-refractivity contribution in [3.8, 4) is 0 Å². The van der Waals surface area contributed by atoms with E-state index in [9.17, 15) is 18.0 Å². The van der Waals surface area contributed by atoms with Gasteiger partial charge in [-0.3, -0.25) is 4.79 Å². The average Bonchev–Trinajstić information content (AvgIpc) is 2.26. The smallest absolute Gasteiger partial charge is 0.326 e. The quantitative estimate of drug-likeness (QED) is 0.433. The molecule has 0 aromatic heterocycles. The highest BCUT2D eigenvalue weighted by Gasteiger charge is 2.27. The topological polar surface area (TPSA) is 133 Å². The summed E-state index contributed by atoms with van der Waals surface area (Å²) in [6.07, 6.45) is -0.189. The largest absolute Gasteiger partial charge is 0.480 e. The Morgan fingerprint density at radius 1 is 1.42 bits per heavy atom. The van der Waals surface area contributed by atoms with Crippen LogP contribution in [-0.4, -0.2) is 67.2 Å². The highest BCUT2D eigenvalue weighted by Crippen LogP contribution is 2.05. The molecule has 1 amide bonds. The van der Waals surface area contributed by atoms with E-state index in [1.165, 1.54) is 0 Å². The van der Waals surface area contributed by atoms with E-state index >= 15 is 0 Å². The number of hydrogen-bond acceptors (Lipinski definition) is 6. The Bertz CT molecular complexity index is 435. The molecule has 0 saturated carbocycles. The molecule has 0 spiro atoms. The zero-order valence-corrected chi connectivity index (χ0v) is 11.1. The third-order valence-corrected chi connectivity index (χ3v) is 4.52. The van der Waals surface area contributed by atoms with Gasteiger partial charge in [0, 0.05) is 32.0 Å². The predicted octanol–water partition coefficient (Wildman–Crippen LogP) is -2.29. The molecule has 4 N–H and O–H groups in total. The van der Waals surface area contributed by atoms with Crippen LogP contribution in [0.5, 0.6) is 0 Å². The van der Waals surface area contributed by atoms with Crippen LogP contribution in [0.15, 0.2) is 0 Å². The van der Waals surface area contributed by atoms with E-state index in [1.807, 2.05) is 0 Å².